The predicted octanol–water partition coefficient (Wildman–Crippen LogP) is 3.90. The van der Waals surface area contributed by atoms with Crippen LogP contribution < -0.4 is 14.8 Å². The van der Waals surface area contributed by atoms with Crippen molar-refractivity contribution >= 4 is 34.6 Å². The number of benzene rings is 2. The van der Waals surface area contributed by atoms with Crippen LogP contribution in [0.5, 0.6) is 11.5 Å². The summed E-state index contributed by atoms with van der Waals surface area (Å²) in [5, 5.41) is 3.36. The number of amidine groups is 1. The van der Waals surface area contributed by atoms with Gasteiger partial charge in [0.2, 0.25) is 0 Å². The normalized spacial score (nSPS) is 17.0. The van der Waals surface area contributed by atoms with Crippen LogP contribution in [0.15, 0.2) is 52.4 Å². The molecule has 128 valence electrons. The maximum atomic E-state index is 12.2. The molecule has 1 aliphatic rings. The van der Waals surface area contributed by atoms with Crippen LogP contribution in [0.2, 0.25) is 0 Å². The van der Waals surface area contributed by atoms with Gasteiger partial charge in [0.15, 0.2) is 16.7 Å². The number of para-hydroxylation sites is 1. The molecule has 2 aromatic carbocycles. The van der Waals surface area contributed by atoms with Gasteiger partial charge >= 0.3 is 0 Å². The van der Waals surface area contributed by atoms with E-state index in [0.717, 1.165) is 16.8 Å². The van der Waals surface area contributed by atoms with Crippen molar-refractivity contribution in [3.05, 3.63) is 58.5 Å². The highest BCUT2D eigenvalue weighted by atomic mass is 32.2. The summed E-state index contributed by atoms with van der Waals surface area (Å²) in [5.41, 5.74) is 2.69. The summed E-state index contributed by atoms with van der Waals surface area (Å²) in [6.45, 7) is 1.96. The number of nitrogens with zero attached hydrogens (tertiary/aromatic N) is 1. The van der Waals surface area contributed by atoms with Crippen molar-refractivity contribution in [1.82, 2.24) is 5.32 Å². The lowest BCUT2D eigenvalue weighted by atomic mass is 10.1. The van der Waals surface area contributed by atoms with Crippen LogP contribution in [0.1, 0.15) is 11.1 Å². The summed E-state index contributed by atoms with van der Waals surface area (Å²) in [6.07, 6.45) is 1.84. The van der Waals surface area contributed by atoms with E-state index in [2.05, 4.69) is 10.3 Å². The van der Waals surface area contributed by atoms with E-state index in [-0.39, 0.29) is 5.91 Å². The molecule has 1 saturated heterocycles. The molecule has 0 bridgehead atoms. The van der Waals surface area contributed by atoms with Gasteiger partial charge < -0.3 is 14.8 Å². The maximum Gasteiger partial charge on any atom is 0.264 e. The molecule has 1 aliphatic heterocycles. The van der Waals surface area contributed by atoms with Crippen molar-refractivity contribution in [3.63, 3.8) is 0 Å². The van der Waals surface area contributed by atoms with Crippen LogP contribution in [-0.2, 0) is 4.79 Å². The zero-order chi connectivity index (χ0) is 17.8. The van der Waals surface area contributed by atoms with E-state index in [9.17, 15) is 4.79 Å². The summed E-state index contributed by atoms with van der Waals surface area (Å²) in [7, 11) is 3.19. The molecule has 3 rings (SSSR count). The van der Waals surface area contributed by atoms with E-state index < -0.39 is 0 Å². The van der Waals surface area contributed by atoms with E-state index in [0.29, 0.717) is 21.6 Å². The Morgan fingerprint density at radius 2 is 1.76 bits per heavy atom. The molecule has 0 aliphatic carbocycles. The lowest BCUT2D eigenvalue weighted by Crippen LogP contribution is -2.19. The van der Waals surface area contributed by atoms with E-state index >= 15 is 0 Å². The second kappa shape index (κ2) is 7.44. The Balaban J connectivity index is 1.89. The Morgan fingerprint density at radius 1 is 1.08 bits per heavy atom. The van der Waals surface area contributed by atoms with Crippen molar-refractivity contribution in [3.8, 4) is 11.5 Å². The van der Waals surface area contributed by atoms with Crippen molar-refractivity contribution in [2.75, 3.05) is 14.2 Å². The van der Waals surface area contributed by atoms with E-state index in [1.165, 1.54) is 11.8 Å². The molecule has 2 aromatic rings. The highest BCUT2D eigenvalue weighted by Gasteiger charge is 2.24. The molecule has 1 N–H and O–H groups in total. The van der Waals surface area contributed by atoms with Crippen LogP contribution >= 0.6 is 11.8 Å². The van der Waals surface area contributed by atoms with Crippen molar-refractivity contribution in [1.29, 1.82) is 0 Å². The van der Waals surface area contributed by atoms with E-state index in [1.54, 1.807) is 14.2 Å². The van der Waals surface area contributed by atoms with E-state index in [4.69, 9.17) is 9.47 Å². The number of hydrogen-bond acceptors (Lipinski definition) is 5. The summed E-state index contributed by atoms with van der Waals surface area (Å²) >= 11 is 1.32. The van der Waals surface area contributed by atoms with Gasteiger partial charge in [-0.25, -0.2) is 4.99 Å². The Labute approximate surface area is 150 Å². The monoisotopic (exact) mass is 354 g/mol. The molecule has 1 amide bonds. The van der Waals surface area contributed by atoms with Gasteiger partial charge in [0.05, 0.1) is 24.8 Å². The van der Waals surface area contributed by atoms with Gasteiger partial charge in [-0.15, -0.1) is 0 Å². The maximum absolute atomic E-state index is 12.2. The standard InChI is InChI=1S/C19H18N2O3S/c1-12-9-15(23-2)16(24-3)10-13(12)11-17-18(22)21-19(25-17)20-14-7-5-4-6-8-14/h4-11H,1-3H3,(H,20,21,22). The van der Waals surface area contributed by atoms with Crippen LogP contribution in [0, 0.1) is 6.92 Å². The van der Waals surface area contributed by atoms with Gasteiger partial charge in [0.1, 0.15) is 0 Å². The Morgan fingerprint density at radius 3 is 2.44 bits per heavy atom. The van der Waals surface area contributed by atoms with Crippen LogP contribution in [0.4, 0.5) is 5.69 Å². The lowest BCUT2D eigenvalue weighted by molar-refractivity contribution is -0.115. The number of carbonyl (C=O) groups is 1. The van der Waals surface area contributed by atoms with E-state index in [1.807, 2.05) is 55.5 Å². The second-order valence-corrected chi connectivity index (χ2v) is 6.41. The predicted molar refractivity (Wildman–Crippen MR) is 102 cm³/mol. The van der Waals surface area contributed by atoms with Crippen molar-refractivity contribution < 1.29 is 14.3 Å². The SMILES string of the molecule is COc1cc(C)c(C=C2SC(=Nc3ccccc3)NC2=O)cc1OC. The van der Waals surface area contributed by atoms with Crippen LogP contribution in [-0.4, -0.2) is 25.3 Å². The minimum absolute atomic E-state index is 0.158. The number of aryl methyl sites for hydroxylation is 1. The number of methoxy groups -OCH3 is 2. The quantitative estimate of drug-likeness (QED) is 0.846. The van der Waals surface area contributed by atoms with Crippen molar-refractivity contribution in [2.45, 2.75) is 6.92 Å². The summed E-state index contributed by atoms with van der Waals surface area (Å²) in [5.74, 6) is 1.13. The van der Waals surface area contributed by atoms with Crippen molar-refractivity contribution in [2.24, 2.45) is 4.99 Å². The molecule has 0 spiro atoms. The second-order valence-electron chi connectivity index (χ2n) is 5.38. The molecule has 1 fully saturated rings. The number of carbonyl (C=O) groups excluding carboxylic acids is 1. The lowest BCUT2D eigenvalue weighted by Gasteiger charge is -2.10. The Bertz CT molecular complexity index is 860. The fourth-order valence-electron chi connectivity index (χ4n) is 2.39. The third kappa shape index (κ3) is 3.85. The largest absolute Gasteiger partial charge is 0.493 e. The molecule has 0 unspecified atom stereocenters. The molecule has 1 heterocycles. The number of rotatable bonds is 4. The van der Waals surface area contributed by atoms with Gasteiger partial charge in [-0.3, -0.25) is 4.79 Å². The molecule has 25 heavy (non-hydrogen) atoms. The Hall–Kier alpha value is -2.73. The number of nitrogens with one attached hydrogen (secondary N) is 1. The molecule has 0 atom stereocenters. The minimum atomic E-state index is -0.158. The number of ether oxygens (including phenoxy) is 2. The fraction of sp³-hybridized carbons (Fsp3) is 0.158. The van der Waals surface area contributed by atoms with Crippen LogP contribution in [0.25, 0.3) is 6.08 Å². The highest BCUT2D eigenvalue weighted by molar-refractivity contribution is 8.18. The first-order chi connectivity index (χ1) is 12.1. The number of aliphatic imine (C=N–C) groups is 1. The number of hydrogen-bond donors (Lipinski definition) is 1. The molecule has 6 heteroatoms. The smallest absolute Gasteiger partial charge is 0.264 e. The zero-order valence-electron chi connectivity index (χ0n) is 14.2. The topological polar surface area (TPSA) is 59.9 Å². The molecule has 5 nitrogen and oxygen atoms in total. The highest BCUT2D eigenvalue weighted by Crippen LogP contribution is 2.34. The first-order valence-electron chi connectivity index (χ1n) is 7.68. The minimum Gasteiger partial charge on any atom is -0.493 e. The average Bonchev–Trinajstić information content (AvgIpc) is 2.96. The first kappa shape index (κ1) is 17.1. The fourth-order valence-corrected chi connectivity index (χ4v) is 3.23. The molecular formula is C19H18N2O3S. The first-order valence-corrected chi connectivity index (χ1v) is 8.49. The van der Waals surface area contributed by atoms with Gasteiger partial charge in [-0.1, -0.05) is 18.2 Å². The van der Waals surface area contributed by atoms with Crippen LogP contribution in [0.3, 0.4) is 0 Å². The summed E-state index contributed by atoms with van der Waals surface area (Å²) in [6, 6.07) is 13.3. The molecule has 0 radical (unpaired) electrons. The Kier molecular flexibility index (Phi) is 5.09. The van der Waals surface area contributed by atoms with Gasteiger partial charge in [-0.05, 0) is 60.2 Å². The zero-order valence-corrected chi connectivity index (χ0v) is 15.0. The number of thioether (sulfide) groups is 1. The summed E-state index contributed by atoms with van der Waals surface area (Å²) in [4.78, 5) is 17.3. The summed E-state index contributed by atoms with van der Waals surface area (Å²) < 4.78 is 10.6. The molecular weight excluding hydrogens is 336 g/mol. The third-order valence-corrected chi connectivity index (χ3v) is 4.61. The average molecular weight is 354 g/mol. The van der Waals surface area contributed by atoms with Gasteiger partial charge in [0, 0.05) is 0 Å². The molecule has 0 aromatic heterocycles. The van der Waals surface area contributed by atoms with Gasteiger partial charge in [-0.2, -0.15) is 0 Å². The third-order valence-electron chi connectivity index (χ3n) is 3.70. The number of amides is 1. The van der Waals surface area contributed by atoms with Gasteiger partial charge in [0.25, 0.3) is 5.91 Å². The molecule has 0 saturated carbocycles.